The van der Waals surface area contributed by atoms with Gasteiger partial charge in [0.15, 0.2) is 0 Å². The molecule has 0 fully saturated rings. The van der Waals surface area contributed by atoms with Crippen molar-refractivity contribution in [2.75, 3.05) is 0 Å². The van der Waals surface area contributed by atoms with Crippen molar-refractivity contribution in [3.05, 3.63) is 41.3 Å². The number of carbonyl (C=O) groups is 1. The number of rotatable bonds is 3. The van der Waals surface area contributed by atoms with Gasteiger partial charge in [0.05, 0.1) is 11.9 Å². The Morgan fingerprint density at radius 3 is 2.91 bits per heavy atom. The molecule has 0 amide bonds. The topological polar surface area (TPSA) is 42.2 Å². The monoisotopic (exact) mass is 299 g/mol. The lowest BCUT2D eigenvalue weighted by Gasteiger charge is -2.16. The van der Waals surface area contributed by atoms with Gasteiger partial charge >= 0.3 is 5.97 Å². The zero-order chi connectivity index (χ0) is 15.3. The number of carboxylic acid groups (broad SMARTS) is 1. The van der Waals surface area contributed by atoms with Crippen LogP contribution in [0.5, 0.6) is 0 Å². The second kappa shape index (κ2) is 4.97. The number of hydrogen-bond acceptors (Lipinski definition) is 1. The summed E-state index contributed by atoms with van der Waals surface area (Å²) in [7, 11) is 0. The molecule has 0 spiro atoms. The molecule has 22 heavy (non-hydrogen) atoms. The van der Waals surface area contributed by atoms with Crippen LogP contribution in [0.15, 0.2) is 24.3 Å². The van der Waals surface area contributed by atoms with Gasteiger partial charge in [-0.15, -0.1) is 0 Å². The van der Waals surface area contributed by atoms with Crippen molar-refractivity contribution in [3.8, 4) is 0 Å². The summed E-state index contributed by atoms with van der Waals surface area (Å²) in [4.78, 5) is 11.1. The van der Waals surface area contributed by atoms with Gasteiger partial charge in [-0.3, -0.25) is 4.79 Å². The van der Waals surface area contributed by atoms with Gasteiger partial charge in [0, 0.05) is 22.7 Å². The summed E-state index contributed by atoms with van der Waals surface area (Å²) in [5.74, 6) is -0.988. The summed E-state index contributed by atoms with van der Waals surface area (Å²) in [6.07, 6.45) is 7.17. The SMILES string of the molecule is O=C(O)CC1CCc2cc3cc(F)cc(C4=CCCC4)c3n21. The highest BCUT2D eigenvalue weighted by molar-refractivity contribution is 5.93. The van der Waals surface area contributed by atoms with Crippen LogP contribution in [0.3, 0.4) is 0 Å². The van der Waals surface area contributed by atoms with Crippen LogP contribution in [-0.4, -0.2) is 15.6 Å². The Kier molecular flexibility index (Phi) is 3.06. The molecule has 1 atom stereocenters. The lowest BCUT2D eigenvalue weighted by atomic mass is 10.0. The van der Waals surface area contributed by atoms with Crippen LogP contribution >= 0.6 is 0 Å². The molecule has 3 nitrogen and oxygen atoms in total. The Bertz CT molecular complexity index is 803. The second-order valence-corrected chi connectivity index (χ2v) is 6.31. The number of aromatic nitrogens is 1. The number of hydrogen-bond donors (Lipinski definition) is 1. The van der Waals surface area contributed by atoms with Crippen LogP contribution < -0.4 is 0 Å². The number of nitrogens with zero attached hydrogens (tertiary/aromatic N) is 1. The Labute approximate surface area is 128 Å². The van der Waals surface area contributed by atoms with E-state index in [4.69, 9.17) is 5.11 Å². The summed E-state index contributed by atoms with van der Waals surface area (Å²) >= 11 is 0. The van der Waals surface area contributed by atoms with E-state index in [0.29, 0.717) is 0 Å². The van der Waals surface area contributed by atoms with Gasteiger partial charge in [-0.05, 0) is 55.9 Å². The molecule has 4 heteroatoms. The normalized spacial score (nSPS) is 20.4. The molecule has 2 aromatic rings. The largest absolute Gasteiger partial charge is 0.481 e. The molecule has 1 aliphatic carbocycles. The van der Waals surface area contributed by atoms with Crippen molar-refractivity contribution >= 4 is 22.4 Å². The van der Waals surface area contributed by atoms with Crippen molar-refractivity contribution in [1.82, 2.24) is 4.57 Å². The highest BCUT2D eigenvalue weighted by atomic mass is 19.1. The van der Waals surface area contributed by atoms with Crippen molar-refractivity contribution < 1.29 is 14.3 Å². The van der Waals surface area contributed by atoms with E-state index in [0.717, 1.165) is 54.3 Å². The van der Waals surface area contributed by atoms with E-state index in [1.165, 1.54) is 5.57 Å². The van der Waals surface area contributed by atoms with Gasteiger partial charge in [-0.2, -0.15) is 0 Å². The average molecular weight is 299 g/mol. The first-order chi connectivity index (χ1) is 10.6. The number of aliphatic carboxylic acids is 1. The molecule has 0 saturated carbocycles. The van der Waals surface area contributed by atoms with Gasteiger partial charge in [0.25, 0.3) is 0 Å². The van der Waals surface area contributed by atoms with Gasteiger partial charge in [0.1, 0.15) is 5.82 Å². The minimum atomic E-state index is -0.775. The summed E-state index contributed by atoms with van der Waals surface area (Å²) in [5.41, 5.74) is 4.31. The third-order valence-corrected chi connectivity index (χ3v) is 4.87. The van der Waals surface area contributed by atoms with Crippen LogP contribution in [0, 0.1) is 5.82 Å². The number of fused-ring (bicyclic) bond motifs is 3. The van der Waals surface area contributed by atoms with E-state index in [1.54, 1.807) is 12.1 Å². The predicted octanol–water partition coefficient (Wildman–Crippen LogP) is 4.31. The third-order valence-electron chi connectivity index (χ3n) is 4.87. The molecule has 0 radical (unpaired) electrons. The summed E-state index contributed by atoms with van der Waals surface area (Å²) in [6, 6.07) is 5.19. The lowest BCUT2D eigenvalue weighted by molar-refractivity contribution is -0.137. The maximum Gasteiger partial charge on any atom is 0.305 e. The van der Waals surface area contributed by atoms with Crippen molar-refractivity contribution in [3.63, 3.8) is 0 Å². The minimum Gasteiger partial charge on any atom is -0.481 e. The molecule has 1 N–H and O–H groups in total. The highest BCUT2D eigenvalue weighted by Crippen LogP contribution is 2.40. The molecule has 0 bridgehead atoms. The number of benzene rings is 1. The zero-order valence-electron chi connectivity index (χ0n) is 12.3. The molecule has 114 valence electrons. The Balaban J connectivity index is 1.94. The molecule has 0 saturated heterocycles. The fraction of sp³-hybridized carbons (Fsp3) is 0.389. The van der Waals surface area contributed by atoms with Gasteiger partial charge in [-0.1, -0.05) is 6.08 Å². The molecule has 1 unspecified atom stereocenters. The number of carboxylic acids is 1. The van der Waals surface area contributed by atoms with Gasteiger partial charge < -0.3 is 9.67 Å². The number of allylic oxidation sites excluding steroid dienone is 2. The van der Waals surface area contributed by atoms with Crippen LogP contribution in [0.4, 0.5) is 4.39 Å². The Morgan fingerprint density at radius 1 is 1.32 bits per heavy atom. The van der Waals surface area contributed by atoms with Gasteiger partial charge in [-0.25, -0.2) is 4.39 Å². The van der Waals surface area contributed by atoms with Crippen molar-refractivity contribution in [2.24, 2.45) is 0 Å². The molecule has 4 rings (SSSR count). The fourth-order valence-electron chi connectivity index (χ4n) is 4.00. The minimum absolute atomic E-state index is 0.0174. The third kappa shape index (κ3) is 2.05. The first kappa shape index (κ1) is 13.6. The van der Waals surface area contributed by atoms with E-state index < -0.39 is 5.97 Å². The van der Waals surface area contributed by atoms with Gasteiger partial charge in [0.2, 0.25) is 0 Å². The quantitative estimate of drug-likeness (QED) is 0.917. The Hall–Kier alpha value is -2.10. The molecular formula is C18H18FNO2. The first-order valence-electron chi connectivity index (χ1n) is 7.88. The fourth-order valence-corrected chi connectivity index (χ4v) is 4.00. The van der Waals surface area contributed by atoms with E-state index in [1.807, 2.05) is 6.07 Å². The van der Waals surface area contributed by atoms with E-state index >= 15 is 0 Å². The number of aryl methyl sites for hydroxylation is 1. The molecule has 1 aliphatic heterocycles. The number of halogens is 1. The summed E-state index contributed by atoms with van der Waals surface area (Å²) < 4.78 is 16.1. The summed E-state index contributed by atoms with van der Waals surface area (Å²) in [5, 5.41) is 10.0. The van der Waals surface area contributed by atoms with E-state index in [2.05, 4.69) is 10.6 Å². The highest BCUT2D eigenvalue weighted by Gasteiger charge is 2.28. The van der Waals surface area contributed by atoms with Crippen LogP contribution in [0.25, 0.3) is 16.5 Å². The first-order valence-corrected chi connectivity index (χ1v) is 7.88. The standard InChI is InChI=1S/C18H18FNO2/c19-13-7-12-8-14-5-6-15(10-17(21)22)20(14)18(12)16(9-13)11-3-1-2-4-11/h3,7-9,15H,1-2,4-6,10H2,(H,21,22). The molecule has 1 aromatic heterocycles. The second-order valence-electron chi connectivity index (χ2n) is 6.31. The average Bonchev–Trinajstić information content (AvgIpc) is 3.14. The predicted molar refractivity (Wildman–Crippen MR) is 83.3 cm³/mol. The maximum atomic E-state index is 14.0. The van der Waals surface area contributed by atoms with Crippen molar-refractivity contribution in [2.45, 2.75) is 44.6 Å². The van der Waals surface area contributed by atoms with Crippen LogP contribution in [0.1, 0.15) is 49.4 Å². The van der Waals surface area contributed by atoms with Crippen LogP contribution in [0.2, 0.25) is 0 Å². The summed E-state index contributed by atoms with van der Waals surface area (Å²) in [6.45, 7) is 0. The van der Waals surface area contributed by atoms with E-state index in [9.17, 15) is 9.18 Å². The van der Waals surface area contributed by atoms with Crippen molar-refractivity contribution in [1.29, 1.82) is 0 Å². The maximum absolute atomic E-state index is 14.0. The van der Waals surface area contributed by atoms with E-state index in [-0.39, 0.29) is 18.3 Å². The molecule has 2 aliphatic rings. The smallest absolute Gasteiger partial charge is 0.305 e. The molecule has 1 aromatic carbocycles. The lowest BCUT2D eigenvalue weighted by Crippen LogP contribution is -2.10. The molecular weight excluding hydrogens is 281 g/mol. The van der Waals surface area contributed by atoms with Crippen LogP contribution in [-0.2, 0) is 11.2 Å². The Morgan fingerprint density at radius 2 is 2.18 bits per heavy atom. The molecule has 2 heterocycles. The zero-order valence-corrected chi connectivity index (χ0v) is 12.3.